The second-order valence-corrected chi connectivity index (χ2v) is 6.16. The monoisotopic (exact) mass is 327 g/mol. The molecule has 0 atom stereocenters. The first-order valence-electron chi connectivity index (χ1n) is 6.30. The van der Waals surface area contributed by atoms with Crippen molar-refractivity contribution in [3.63, 3.8) is 0 Å². The summed E-state index contributed by atoms with van der Waals surface area (Å²) >= 11 is 3.35. The molecule has 1 saturated carbocycles. The summed E-state index contributed by atoms with van der Waals surface area (Å²) in [5.41, 5.74) is 0.833. The van der Waals surface area contributed by atoms with E-state index in [1.807, 2.05) is 0 Å². The van der Waals surface area contributed by atoms with E-state index in [9.17, 15) is 10.1 Å². The van der Waals surface area contributed by atoms with Gasteiger partial charge in [0.25, 0.3) is 5.69 Å². The van der Waals surface area contributed by atoms with E-state index in [0.29, 0.717) is 5.69 Å². The minimum absolute atomic E-state index is 0.122. The number of nitrogens with one attached hydrogen (secondary N) is 1. The first-order valence-corrected chi connectivity index (χ1v) is 7.09. The van der Waals surface area contributed by atoms with Crippen molar-refractivity contribution in [3.05, 3.63) is 32.8 Å². The van der Waals surface area contributed by atoms with Crippen LogP contribution in [0, 0.1) is 10.1 Å². The van der Waals surface area contributed by atoms with Crippen molar-refractivity contribution in [3.8, 4) is 0 Å². The predicted molar refractivity (Wildman–Crippen MR) is 79.6 cm³/mol. The lowest BCUT2D eigenvalue weighted by molar-refractivity contribution is -0.384. The normalized spacial score (nSPS) is 17.1. The Morgan fingerprint density at radius 3 is 2.63 bits per heavy atom. The maximum atomic E-state index is 11.0. The molecule has 6 heteroatoms. The Morgan fingerprint density at radius 2 is 2.16 bits per heavy atom. The second kappa shape index (κ2) is 5.46. The van der Waals surface area contributed by atoms with Gasteiger partial charge in [0.15, 0.2) is 0 Å². The molecule has 2 rings (SSSR count). The molecule has 5 nitrogen and oxygen atoms in total. The Morgan fingerprint density at radius 1 is 1.47 bits per heavy atom. The Bertz CT molecular complexity index is 487. The number of nitrogens with zero attached hydrogens (tertiary/aromatic N) is 2. The quantitative estimate of drug-likeness (QED) is 0.666. The van der Waals surface area contributed by atoms with E-state index < -0.39 is 0 Å². The lowest BCUT2D eigenvalue weighted by atomic mass is 9.75. The molecule has 0 amide bonds. The van der Waals surface area contributed by atoms with Crippen molar-refractivity contribution in [2.45, 2.75) is 24.8 Å². The van der Waals surface area contributed by atoms with Crippen molar-refractivity contribution in [1.29, 1.82) is 0 Å². The molecule has 1 aliphatic rings. The third-order valence-electron chi connectivity index (χ3n) is 4.00. The number of hydrogen-bond donors (Lipinski definition) is 1. The lowest BCUT2D eigenvalue weighted by Gasteiger charge is -2.47. The minimum atomic E-state index is -0.349. The first-order chi connectivity index (χ1) is 8.94. The smallest absolute Gasteiger partial charge is 0.292 e. The number of benzene rings is 1. The van der Waals surface area contributed by atoms with Gasteiger partial charge < -0.3 is 10.2 Å². The summed E-state index contributed by atoms with van der Waals surface area (Å²) in [6, 6.07) is 4.98. The van der Waals surface area contributed by atoms with E-state index >= 15 is 0 Å². The standard InChI is InChI=1S/C13H18BrN3O2/c1-16(2)13(6-3-7-13)9-15-11-8-10(14)4-5-12(11)17(18)19/h4-5,8,15H,3,6-7,9H2,1-2H3. The fourth-order valence-electron chi connectivity index (χ4n) is 2.44. The summed E-state index contributed by atoms with van der Waals surface area (Å²) in [6.07, 6.45) is 3.49. The molecule has 0 aliphatic heterocycles. The molecule has 1 aliphatic carbocycles. The van der Waals surface area contributed by atoms with Crippen LogP contribution in [0.4, 0.5) is 11.4 Å². The first kappa shape index (κ1) is 14.3. The molecular weight excluding hydrogens is 310 g/mol. The Balaban J connectivity index is 2.15. The molecule has 0 spiro atoms. The zero-order valence-corrected chi connectivity index (χ0v) is 12.7. The van der Waals surface area contributed by atoms with Crippen LogP contribution in [-0.4, -0.2) is 36.0 Å². The van der Waals surface area contributed by atoms with Crippen molar-refractivity contribution < 1.29 is 4.92 Å². The molecule has 0 aromatic heterocycles. The van der Waals surface area contributed by atoms with Gasteiger partial charge in [0, 0.05) is 22.6 Å². The highest BCUT2D eigenvalue weighted by molar-refractivity contribution is 9.10. The Kier molecular flexibility index (Phi) is 4.10. The number of nitro groups is 1. The van der Waals surface area contributed by atoms with E-state index in [-0.39, 0.29) is 16.1 Å². The van der Waals surface area contributed by atoms with E-state index in [2.05, 4.69) is 40.2 Å². The Labute approximate surface area is 121 Å². The third kappa shape index (κ3) is 2.90. The van der Waals surface area contributed by atoms with Gasteiger partial charge in [-0.15, -0.1) is 0 Å². The van der Waals surface area contributed by atoms with Crippen LogP contribution in [0.25, 0.3) is 0 Å². The predicted octanol–water partition coefficient (Wildman–Crippen LogP) is 3.25. The lowest BCUT2D eigenvalue weighted by Crippen LogP contribution is -2.54. The maximum absolute atomic E-state index is 11.0. The molecule has 104 valence electrons. The number of rotatable bonds is 5. The van der Waals surface area contributed by atoms with Crippen LogP contribution in [-0.2, 0) is 0 Å². The van der Waals surface area contributed by atoms with Gasteiger partial charge in [0.05, 0.1) is 4.92 Å². The molecule has 1 aromatic carbocycles. The van der Waals surface area contributed by atoms with Gasteiger partial charge >= 0.3 is 0 Å². The van der Waals surface area contributed by atoms with Crippen molar-refractivity contribution >= 4 is 27.3 Å². The average molecular weight is 328 g/mol. The largest absolute Gasteiger partial charge is 0.378 e. The highest BCUT2D eigenvalue weighted by Crippen LogP contribution is 2.37. The van der Waals surface area contributed by atoms with Gasteiger partial charge in [-0.25, -0.2) is 0 Å². The van der Waals surface area contributed by atoms with E-state index in [1.54, 1.807) is 12.1 Å². The van der Waals surface area contributed by atoms with Crippen LogP contribution in [0.3, 0.4) is 0 Å². The van der Waals surface area contributed by atoms with Crippen LogP contribution >= 0.6 is 15.9 Å². The second-order valence-electron chi connectivity index (χ2n) is 5.24. The number of hydrogen-bond acceptors (Lipinski definition) is 4. The summed E-state index contributed by atoms with van der Waals surface area (Å²) in [5.74, 6) is 0. The molecule has 0 heterocycles. The van der Waals surface area contributed by atoms with Gasteiger partial charge in [-0.3, -0.25) is 10.1 Å². The molecule has 0 radical (unpaired) electrons. The van der Waals surface area contributed by atoms with Gasteiger partial charge in [-0.05, 0) is 45.5 Å². The highest BCUT2D eigenvalue weighted by Gasteiger charge is 2.39. The minimum Gasteiger partial charge on any atom is -0.378 e. The Hall–Kier alpha value is -1.14. The molecule has 0 saturated heterocycles. The van der Waals surface area contributed by atoms with Gasteiger partial charge in [-0.2, -0.15) is 0 Å². The number of nitro benzene ring substituents is 1. The third-order valence-corrected chi connectivity index (χ3v) is 4.49. The van der Waals surface area contributed by atoms with Crippen LogP contribution in [0.1, 0.15) is 19.3 Å². The summed E-state index contributed by atoms with van der Waals surface area (Å²) < 4.78 is 0.841. The summed E-state index contributed by atoms with van der Waals surface area (Å²) in [4.78, 5) is 12.9. The molecule has 0 unspecified atom stereocenters. The maximum Gasteiger partial charge on any atom is 0.292 e. The van der Waals surface area contributed by atoms with Crippen molar-refractivity contribution in [2.75, 3.05) is 26.0 Å². The van der Waals surface area contributed by atoms with Crippen molar-refractivity contribution in [2.24, 2.45) is 0 Å². The van der Waals surface area contributed by atoms with Gasteiger partial charge in [0.1, 0.15) is 5.69 Å². The van der Waals surface area contributed by atoms with Gasteiger partial charge in [0.2, 0.25) is 0 Å². The zero-order chi connectivity index (χ0) is 14.0. The fourth-order valence-corrected chi connectivity index (χ4v) is 2.80. The number of anilines is 1. The molecular formula is C13H18BrN3O2. The number of likely N-dealkylation sites (N-methyl/N-ethyl adjacent to an activating group) is 1. The molecule has 1 fully saturated rings. The average Bonchev–Trinajstić information content (AvgIpc) is 2.26. The molecule has 1 N–H and O–H groups in total. The molecule has 19 heavy (non-hydrogen) atoms. The van der Waals surface area contributed by atoms with E-state index in [1.165, 1.54) is 12.5 Å². The van der Waals surface area contributed by atoms with Crippen LogP contribution in [0.5, 0.6) is 0 Å². The fraction of sp³-hybridized carbons (Fsp3) is 0.538. The zero-order valence-electron chi connectivity index (χ0n) is 11.1. The SMILES string of the molecule is CN(C)C1(CNc2cc(Br)ccc2[N+](=O)[O-])CCC1. The molecule has 1 aromatic rings. The highest BCUT2D eigenvalue weighted by atomic mass is 79.9. The topological polar surface area (TPSA) is 58.4 Å². The van der Waals surface area contributed by atoms with Crippen LogP contribution in [0.15, 0.2) is 22.7 Å². The van der Waals surface area contributed by atoms with Crippen molar-refractivity contribution in [1.82, 2.24) is 4.90 Å². The van der Waals surface area contributed by atoms with Crippen LogP contribution < -0.4 is 5.32 Å². The molecule has 0 bridgehead atoms. The van der Waals surface area contributed by atoms with E-state index in [0.717, 1.165) is 23.9 Å². The van der Waals surface area contributed by atoms with Crippen LogP contribution in [0.2, 0.25) is 0 Å². The summed E-state index contributed by atoms with van der Waals surface area (Å²) in [6.45, 7) is 0.733. The van der Waals surface area contributed by atoms with Gasteiger partial charge in [-0.1, -0.05) is 15.9 Å². The summed E-state index contributed by atoms with van der Waals surface area (Å²) in [5, 5.41) is 14.3. The summed E-state index contributed by atoms with van der Waals surface area (Å²) in [7, 11) is 4.13. The van der Waals surface area contributed by atoms with E-state index in [4.69, 9.17) is 0 Å². The number of halogens is 1.